The van der Waals surface area contributed by atoms with E-state index in [0.29, 0.717) is 6.42 Å². The Balaban J connectivity index is 1.83. The average Bonchev–Trinajstić information content (AvgIpc) is 2.53. The van der Waals surface area contributed by atoms with E-state index in [1.807, 2.05) is 13.8 Å². The van der Waals surface area contributed by atoms with Crippen LogP contribution in [-0.2, 0) is 17.8 Å². The molecule has 3 heteroatoms. The van der Waals surface area contributed by atoms with Crippen molar-refractivity contribution < 1.29 is 9.36 Å². The molecule has 2 aromatic rings. The van der Waals surface area contributed by atoms with Crippen molar-refractivity contribution in [3.05, 3.63) is 58.9 Å². The molecule has 0 aliphatic rings. The number of anilines is 1. The highest BCUT2D eigenvalue weighted by atomic mass is 16.1. The summed E-state index contributed by atoms with van der Waals surface area (Å²) in [6.45, 7) is 9.23. The molecule has 128 valence electrons. The van der Waals surface area contributed by atoms with E-state index in [-0.39, 0.29) is 5.91 Å². The van der Waals surface area contributed by atoms with Gasteiger partial charge in [0, 0.05) is 30.7 Å². The first-order chi connectivity index (χ1) is 11.5. The Morgan fingerprint density at radius 1 is 1.08 bits per heavy atom. The molecule has 0 unspecified atom stereocenters. The molecule has 0 spiro atoms. The first kappa shape index (κ1) is 18.2. The van der Waals surface area contributed by atoms with Gasteiger partial charge in [-0.2, -0.15) is 0 Å². The molecule has 0 aliphatic heterocycles. The lowest BCUT2D eigenvalue weighted by atomic mass is 10.0. The number of amides is 1. The van der Waals surface area contributed by atoms with Gasteiger partial charge in [-0.15, -0.1) is 0 Å². The number of aromatic nitrogens is 1. The molecule has 1 amide bonds. The van der Waals surface area contributed by atoms with E-state index in [2.05, 4.69) is 60.4 Å². The van der Waals surface area contributed by atoms with E-state index in [4.69, 9.17) is 0 Å². The van der Waals surface area contributed by atoms with E-state index in [9.17, 15) is 4.79 Å². The number of rotatable bonds is 7. The van der Waals surface area contributed by atoms with Crippen molar-refractivity contribution in [2.24, 2.45) is 0 Å². The predicted octanol–water partition coefficient (Wildman–Crippen LogP) is 4.27. The normalized spacial score (nSPS) is 10.7. The summed E-state index contributed by atoms with van der Waals surface area (Å²) in [7, 11) is 0. The van der Waals surface area contributed by atoms with Crippen LogP contribution in [0.4, 0.5) is 5.69 Å². The minimum Gasteiger partial charge on any atom is -0.326 e. The number of hydrogen-bond acceptors (Lipinski definition) is 1. The topological polar surface area (TPSA) is 33.0 Å². The summed E-state index contributed by atoms with van der Waals surface area (Å²) >= 11 is 0. The molecule has 0 bridgehead atoms. The number of pyridine rings is 1. The Kier molecular flexibility index (Phi) is 6.53. The highest BCUT2D eigenvalue weighted by Crippen LogP contribution is 2.22. The molecule has 0 aliphatic carbocycles. The van der Waals surface area contributed by atoms with Crippen LogP contribution in [0.15, 0.2) is 36.7 Å². The van der Waals surface area contributed by atoms with Crippen LogP contribution in [0.1, 0.15) is 48.4 Å². The molecule has 3 nitrogen and oxygen atoms in total. The van der Waals surface area contributed by atoms with E-state index in [1.165, 1.54) is 17.5 Å². The quantitative estimate of drug-likeness (QED) is 0.758. The van der Waals surface area contributed by atoms with Gasteiger partial charge >= 0.3 is 0 Å². The summed E-state index contributed by atoms with van der Waals surface area (Å²) in [5, 5.41) is 3.07. The summed E-state index contributed by atoms with van der Waals surface area (Å²) in [6, 6.07) is 8.55. The zero-order valence-electron chi connectivity index (χ0n) is 15.4. The van der Waals surface area contributed by atoms with Crippen LogP contribution in [0, 0.1) is 20.8 Å². The van der Waals surface area contributed by atoms with Gasteiger partial charge in [-0.25, -0.2) is 4.57 Å². The minimum absolute atomic E-state index is 0.0910. The van der Waals surface area contributed by atoms with Crippen molar-refractivity contribution in [2.75, 3.05) is 5.32 Å². The highest BCUT2D eigenvalue weighted by molar-refractivity contribution is 5.92. The summed E-state index contributed by atoms with van der Waals surface area (Å²) in [5.74, 6) is 0.0910. The zero-order chi connectivity index (χ0) is 17.5. The lowest BCUT2D eigenvalue weighted by Gasteiger charge is -2.12. The van der Waals surface area contributed by atoms with Gasteiger partial charge in [0.25, 0.3) is 0 Å². The fourth-order valence-electron chi connectivity index (χ4n) is 3.09. The van der Waals surface area contributed by atoms with Gasteiger partial charge in [0.15, 0.2) is 12.4 Å². The summed E-state index contributed by atoms with van der Waals surface area (Å²) < 4.78 is 2.15. The van der Waals surface area contributed by atoms with E-state index >= 15 is 0 Å². The molecule has 1 heterocycles. The molecule has 0 saturated carbocycles. The van der Waals surface area contributed by atoms with Gasteiger partial charge in [0.2, 0.25) is 5.91 Å². The molecule has 0 fully saturated rings. The van der Waals surface area contributed by atoms with Crippen molar-refractivity contribution in [3.8, 4) is 0 Å². The first-order valence-corrected chi connectivity index (χ1v) is 8.85. The molecule has 2 rings (SSSR count). The lowest BCUT2D eigenvalue weighted by molar-refractivity contribution is -0.697. The molecule has 1 aromatic carbocycles. The smallest absolute Gasteiger partial charge is 0.224 e. The maximum absolute atomic E-state index is 12.2. The minimum atomic E-state index is 0.0910. The van der Waals surface area contributed by atoms with Crippen LogP contribution < -0.4 is 9.88 Å². The number of nitrogens with zero attached hydrogens (tertiary/aromatic N) is 1. The third-order valence-corrected chi connectivity index (χ3v) is 4.26. The third-order valence-electron chi connectivity index (χ3n) is 4.26. The van der Waals surface area contributed by atoms with Crippen LogP contribution in [0.5, 0.6) is 0 Å². The number of nitrogens with one attached hydrogen (secondary N) is 1. The summed E-state index contributed by atoms with van der Waals surface area (Å²) in [5.41, 5.74) is 5.81. The average molecular weight is 325 g/mol. The van der Waals surface area contributed by atoms with E-state index in [1.54, 1.807) is 0 Å². The second kappa shape index (κ2) is 8.62. The number of carbonyl (C=O) groups is 1. The zero-order valence-corrected chi connectivity index (χ0v) is 15.4. The number of benzene rings is 1. The molecule has 24 heavy (non-hydrogen) atoms. The standard InChI is InChI=1S/C21H28N2O/c1-5-7-19-9-12-23(13-10-19)11-6-8-20(24)22-21-17(3)14-16(2)15-18(21)4/h9-10,12-15H,5-8,11H2,1-4H3/p+1. The molecule has 1 aromatic heterocycles. The van der Waals surface area contributed by atoms with Gasteiger partial charge < -0.3 is 5.32 Å². The van der Waals surface area contributed by atoms with E-state index in [0.717, 1.165) is 36.2 Å². The van der Waals surface area contributed by atoms with Gasteiger partial charge in [0.05, 0.1) is 0 Å². The number of carbonyl (C=O) groups excluding carboxylic acids is 1. The second-order valence-corrected chi connectivity index (χ2v) is 6.62. The Morgan fingerprint density at radius 3 is 2.29 bits per heavy atom. The molecule has 0 atom stereocenters. The Morgan fingerprint density at radius 2 is 1.71 bits per heavy atom. The van der Waals surface area contributed by atoms with Crippen molar-refractivity contribution in [2.45, 2.75) is 59.9 Å². The third kappa shape index (κ3) is 5.19. The SMILES string of the molecule is CCCc1cc[n+](CCCC(=O)Nc2c(C)cc(C)cc2C)cc1. The molecule has 0 radical (unpaired) electrons. The van der Waals surface area contributed by atoms with E-state index < -0.39 is 0 Å². The van der Waals surface area contributed by atoms with Crippen molar-refractivity contribution in [1.29, 1.82) is 0 Å². The lowest BCUT2D eigenvalue weighted by Crippen LogP contribution is -2.33. The molecule has 1 N–H and O–H groups in total. The van der Waals surface area contributed by atoms with Crippen molar-refractivity contribution in [3.63, 3.8) is 0 Å². The van der Waals surface area contributed by atoms with Crippen LogP contribution in [-0.4, -0.2) is 5.91 Å². The van der Waals surface area contributed by atoms with Gasteiger partial charge in [-0.05, 0) is 43.9 Å². The molecular formula is C21H29N2O+. The van der Waals surface area contributed by atoms with Crippen LogP contribution in [0.25, 0.3) is 0 Å². The monoisotopic (exact) mass is 325 g/mol. The number of aryl methyl sites for hydroxylation is 5. The fraction of sp³-hybridized carbons (Fsp3) is 0.429. The molecule has 0 saturated heterocycles. The Labute approximate surface area is 145 Å². The largest absolute Gasteiger partial charge is 0.326 e. The van der Waals surface area contributed by atoms with Gasteiger partial charge in [-0.3, -0.25) is 4.79 Å². The van der Waals surface area contributed by atoms with Crippen molar-refractivity contribution in [1.82, 2.24) is 0 Å². The van der Waals surface area contributed by atoms with Crippen LogP contribution in [0.2, 0.25) is 0 Å². The Hall–Kier alpha value is -2.16. The second-order valence-electron chi connectivity index (χ2n) is 6.62. The maximum Gasteiger partial charge on any atom is 0.224 e. The number of hydrogen-bond donors (Lipinski definition) is 1. The van der Waals surface area contributed by atoms with Crippen LogP contribution in [0.3, 0.4) is 0 Å². The highest BCUT2D eigenvalue weighted by Gasteiger charge is 2.09. The maximum atomic E-state index is 12.2. The van der Waals surface area contributed by atoms with Crippen molar-refractivity contribution >= 4 is 11.6 Å². The van der Waals surface area contributed by atoms with Gasteiger partial charge in [-0.1, -0.05) is 31.0 Å². The van der Waals surface area contributed by atoms with Gasteiger partial charge in [0.1, 0.15) is 6.54 Å². The fourth-order valence-corrected chi connectivity index (χ4v) is 3.09. The summed E-state index contributed by atoms with van der Waals surface area (Å²) in [4.78, 5) is 12.2. The van der Waals surface area contributed by atoms with Crippen LogP contribution >= 0.6 is 0 Å². The first-order valence-electron chi connectivity index (χ1n) is 8.85. The summed E-state index contributed by atoms with van der Waals surface area (Å²) in [6.07, 6.45) is 7.89. The predicted molar refractivity (Wildman–Crippen MR) is 99.1 cm³/mol. The Bertz CT molecular complexity index is 666. The molecular weight excluding hydrogens is 296 g/mol.